The Labute approximate surface area is 65.8 Å². The second kappa shape index (κ2) is 1.91. The zero-order valence-corrected chi connectivity index (χ0v) is 7.63. The van der Waals surface area contributed by atoms with Crippen molar-refractivity contribution in [3.8, 4) is 0 Å². The van der Waals surface area contributed by atoms with Crippen molar-refractivity contribution in [2.45, 2.75) is 38.0 Å². The molecule has 1 aliphatic heterocycles. The van der Waals surface area contributed by atoms with E-state index in [0.717, 1.165) is 0 Å². The zero-order chi connectivity index (χ0) is 7.99. The standard InChI is InChI=1S/C7H13NOS/c1-6(2)7(3,4)10-5(9)8-6/h1-4H3,(H,8,9). The second-order valence-corrected chi connectivity index (χ2v) is 5.25. The normalized spacial score (nSPS) is 28.2. The highest BCUT2D eigenvalue weighted by Gasteiger charge is 2.46. The molecule has 3 heteroatoms. The monoisotopic (exact) mass is 159 g/mol. The Bertz CT molecular complexity index is 156. The van der Waals surface area contributed by atoms with Crippen molar-refractivity contribution in [3.05, 3.63) is 0 Å². The number of rotatable bonds is 0. The van der Waals surface area contributed by atoms with Crippen LogP contribution in [0, 0.1) is 0 Å². The number of hydrogen-bond donors (Lipinski definition) is 1. The summed E-state index contributed by atoms with van der Waals surface area (Å²) in [6, 6.07) is 0. The summed E-state index contributed by atoms with van der Waals surface area (Å²) in [5.41, 5.74) is -0.0747. The third kappa shape index (κ3) is 1.03. The highest BCUT2D eigenvalue weighted by atomic mass is 32.2. The van der Waals surface area contributed by atoms with Gasteiger partial charge in [0.05, 0.1) is 0 Å². The fourth-order valence-corrected chi connectivity index (χ4v) is 1.87. The van der Waals surface area contributed by atoms with Crippen LogP contribution in [0.3, 0.4) is 0 Å². The predicted molar refractivity (Wildman–Crippen MR) is 44.3 cm³/mol. The minimum absolute atomic E-state index is 0.0179. The maximum Gasteiger partial charge on any atom is 0.280 e. The molecule has 0 spiro atoms. The Morgan fingerprint density at radius 3 is 1.90 bits per heavy atom. The van der Waals surface area contributed by atoms with Crippen LogP contribution < -0.4 is 5.32 Å². The highest BCUT2D eigenvalue weighted by molar-refractivity contribution is 8.15. The van der Waals surface area contributed by atoms with Crippen molar-refractivity contribution in [3.63, 3.8) is 0 Å². The van der Waals surface area contributed by atoms with E-state index in [1.165, 1.54) is 11.8 Å². The molecule has 0 atom stereocenters. The molecule has 0 unspecified atom stereocenters. The molecule has 58 valence electrons. The summed E-state index contributed by atoms with van der Waals surface area (Å²) in [5, 5.41) is 3.00. The van der Waals surface area contributed by atoms with E-state index in [-0.39, 0.29) is 15.5 Å². The Morgan fingerprint density at radius 2 is 1.80 bits per heavy atom. The summed E-state index contributed by atoms with van der Waals surface area (Å²) in [7, 11) is 0. The fraction of sp³-hybridized carbons (Fsp3) is 0.857. The lowest BCUT2D eigenvalue weighted by atomic mass is 9.90. The van der Waals surface area contributed by atoms with Gasteiger partial charge in [-0.25, -0.2) is 0 Å². The number of nitrogens with one attached hydrogen (secondary N) is 1. The first kappa shape index (κ1) is 7.92. The van der Waals surface area contributed by atoms with E-state index in [1.54, 1.807) is 0 Å². The average molecular weight is 159 g/mol. The first-order chi connectivity index (χ1) is 4.35. The van der Waals surface area contributed by atoms with Gasteiger partial charge in [-0.1, -0.05) is 11.8 Å². The Balaban J connectivity index is 2.88. The SMILES string of the molecule is CC1(C)NC(=O)SC1(C)C. The molecule has 1 N–H and O–H groups in total. The van der Waals surface area contributed by atoms with Crippen molar-refractivity contribution in [1.82, 2.24) is 5.32 Å². The lowest BCUT2D eigenvalue weighted by molar-refractivity contribution is 0.251. The third-order valence-corrected chi connectivity index (χ3v) is 3.58. The van der Waals surface area contributed by atoms with Gasteiger partial charge in [0, 0.05) is 10.3 Å². The molecule has 0 aromatic carbocycles. The molecule has 0 bridgehead atoms. The van der Waals surface area contributed by atoms with Gasteiger partial charge in [0.1, 0.15) is 0 Å². The van der Waals surface area contributed by atoms with Gasteiger partial charge in [0.2, 0.25) is 0 Å². The molecular formula is C7H13NOS. The molecule has 1 rings (SSSR count). The predicted octanol–water partition coefficient (Wildman–Crippen LogP) is 2.00. The van der Waals surface area contributed by atoms with Gasteiger partial charge < -0.3 is 5.32 Å². The first-order valence-electron chi connectivity index (χ1n) is 3.36. The van der Waals surface area contributed by atoms with Gasteiger partial charge in [-0.05, 0) is 27.7 Å². The molecule has 2 nitrogen and oxygen atoms in total. The summed E-state index contributed by atoms with van der Waals surface area (Å²) < 4.78 is 0.0179. The van der Waals surface area contributed by atoms with Crippen molar-refractivity contribution in [2.24, 2.45) is 0 Å². The van der Waals surface area contributed by atoms with Crippen LogP contribution in [0.15, 0.2) is 0 Å². The summed E-state index contributed by atoms with van der Waals surface area (Å²) in [6.45, 7) is 8.25. The minimum atomic E-state index is -0.0747. The molecule has 10 heavy (non-hydrogen) atoms. The Hall–Kier alpha value is -0.180. The molecule has 1 heterocycles. The fourth-order valence-electron chi connectivity index (χ4n) is 0.791. The third-order valence-electron chi connectivity index (χ3n) is 2.27. The van der Waals surface area contributed by atoms with E-state index < -0.39 is 0 Å². The topological polar surface area (TPSA) is 29.1 Å². The van der Waals surface area contributed by atoms with Gasteiger partial charge in [-0.3, -0.25) is 4.79 Å². The molecule has 1 saturated heterocycles. The van der Waals surface area contributed by atoms with Crippen LogP contribution in [0.4, 0.5) is 4.79 Å². The highest BCUT2D eigenvalue weighted by Crippen LogP contribution is 2.41. The van der Waals surface area contributed by atoms with Crippen LogP contribution in [-0.2, 0) is 0 Å². The van der Waals surface area contributed by atoms with Crippen molar-refractivity contribution < 1.29 is 4.79 Å². The van der Waals surface area contributed by atoms with Crippen LogP contribution in [0.5, 0.6) is 0 Å². The lowest BCUT2D eigenvalue weighted by Gasteiger charge is -2.31. The van der Waals surface area contributed by atoms with Gasteiger partial charge in [-0.2, -0.15) is 0 Å². The molecular weight excluding hydrogens is 146 g/mol. The van der Waals surface area contributed by atoms with Crippen molar-refractivity contribution in [2.75, 3.05) is 0 Å². The summed E-state index contributed by atoms with van der Waals surface area (Å²) in [4.78, 5) is 10.9. The molecule has 0 radical (unpaired) electrons. The molecule has 0 aromatic rings. The van der Waals surface area contributed by atoms with Crippen molar-refractivity contribution in [1.29, 1.82) is 0 Å². The number of hydrogen-bond acceptors (Lipinski definition) is 2. The molecule has 0 aliphatic carbocycles. The van der Waals surface area contributed by atoms with Crippen LogP contribution >= 0.6 is 11.8 Å². The van der Waals surface area contributed by atoms with E-state index in [9.17, 15) is 4.79 Å². The van der Waals surface area contributed by atoms with E-state index in [2.05, 4.69) is 19.2 Å². The second-order valence-electron chi connectivity index (χ2n) is 3.65. The largest absolute Gasteiger partial charge is 0.341 e. The molecule has 0 saturated carbocycles. The van der Waals surface area contributed by atoms with Crippen LogP contribution in [0.25, 0.3) is 0 Å². The molecule has 1 aliphatic rings. The Morgan fingerprint density at radius 1 is 1.30 bits per heavy atom. The maximum absolute atomic E-state index is 10.9. The van der Waals surface area contributed by atoms with Crippen molar-refractivity contribution >= 4 is 17.0 Å². The number of carbonyl (C=O) groups is 1. The summed E-state index contributed by atoms with van der Waals surface area (Å²) in [5.74, 6) is 0. The number of thioether (sulfide) groups is 1. The van der Waals surface area contributed by atoms with E-state index in [1.807, 2.05) is 13.8 Å². The van der Waals surface area contributed by atoms with Crippen LogP contribution in [0.2, 0.25) is 0 Å². The zero-order valence-electron chi connectivity index (χ0n) is 6.82. The maximum atomic E-state index is 10.9. The summed E-state index contributed by atoms with van der Waals surface area (Å²) in [6.07, 6.45) is 0. The van der Waals surface area contributed by atoms with Gasteiger partial charge in [-0.15, -0.1) is 0 Å². The van der Waals surface area contributed by atoms with E-state index in [0.29, 0.717) is 0 Å². The van der Waals surface area contributed by atoms with Crippen LogP contribution in [-0.4, -0.2) is 15.5 Å². The van der Waals surface area contributed by atoms with Gasteiger partial charge in [0.15, 0.2) is 0 Å². The van der Waals surface area contributed by atoms with Crippen LogP contribution in [0.1, 0.15) is 27.7 Å². The van der Waals surface area contributed by atoms with E-state index in [4.69, 9.17) is 0 Å². The number of amides is 1. The van der Waals surface area contributed by atoms with Gasteiger partial charge >= 0.3 is 0 Å². The van der Waals surface area contributed by atoms with Gasteiger partial charge in [0.25, 0.3) is 5.24 Å². The number of carbonyl (C=O) groups excluding carboxylic acids is 1. The minimum Gasteiger partial charge on any atom is -0.341 e. The first-order valence-corrected chi connectivity index (χ1v) is 4.18. The van der Waals surface area contributed by atoms with E-state index >= 15 is 0 Å². The Kier molecular flexibility index (Phi) is 1.51. The average Bonchev–Trinajstić information content (AvgIpc) is 1.73. The summed E-state index contributed by atoms with van der Waals surface area (Å²) >= 11 is 1.38. The lowest BCUT2D eigenvalue weighted by Crippen LogP contribution is -2.47. The molecule has 1 amide bonds. The smallest absolute Gasteiger partial charge is 0.280 e. The molecule has 1 fully saturated rings. The molecule has 0 aromatic heterocycles. The quantitative estimate of drug-likeness (QED) is 0.585.